The highest BCUT2D eigenvalue weighted by Gasteiger charge is 2.27. The number of hydrogen-bond donors (Lipinski definition) is 1. The third-order valence-electron chi connectivity index (χ3n) is 6.30. The van der Waals surface area contributed by atoms with Gasteiger partial charge in [0, 0.05) is 18.0 Å². The number of thiophene rings is 1. The van der Waals surface area contributed by atoms with Gasteiger partial charge in [-0.1, -0.05) is 12.1 Å². The van der Waals surface area contributed by atoms with Gasteiger partial charge in [0.25, 0.3) is 0 Å². The Morgan fingerprint density at radius 3 is 2.87 bits per heavy atom. The molecule has 0 radical (unpaired) electrons. The van der Waals surface area contributed by atoms with Crippen LogP contribution in [0.25, 0.3) is 10.2 Å². The van der Waals surface area contributed by atoms with Gasteiger partial charge in [0.2, 0.25) is 0 Å². The largest absolute Gasteiger partial charge is 0.496 e. The van der Waals surface area contributed by atoms with Crippen LogP contribution in [0.15, 0.2) is 18.2 Å². The number of aromatic nitrogens is 2. The summed E-state index contributed by atoms with van der Waals surface area (Å²) in [4.78, 5) is 14.7. The quantitative estimate of drug-likeness (QED) is 0.661. The highest BCUT2D eigenvalue weighted by molar-refractivity contribution is 7.18. The molecule has 7 heteroatoms. The van der Waals surface area contributed by atoms with Crippen molar-refractivity contribution in [2.75, 3.05) is 38.7 Å². The summed E-state index contributed by atoms with van der Waals surface area (Å²) in [6, 6.07) is 6.58. The van der Waals surface area contributed by atoms with Crippen molar-refractivity contribution in [3.05, 3.63) is 45.6 Å². The Morgan fingerprint density at radius 2 is 2.07 bits per heavy atom. The van der Waals surface area contributed by atoms with E-state index in [-0.39, 0.29) is 6.04 Å². The van der Waals surface area contributed by atoms with E-state index in [1.165, 1.54) is 27.0 Å². The van der Waals surface area contributed by atoms with Gasteiger partial charge in [-0.05, 0) is 49.4 Å². The highest BCUT2D eigenvalue weighted by atomic mass is 32.1. The number of methoxy groups -OCH3 is 1. The second-order valence-corrected chi connectivity index (χ2v) is 9.31. The summed E-state index contributed by atoms with van der Waals surface area (Å²) < 4.78 is 11.1. The van der Waals surface area contributed by atoms with Gasteiger partial charge in [-0.25, -0.2) is 9.97 Å². The molecule has 3 aromatic rings. The molecule has 2 aromatic heterocycles. The van der Waals surface area contributed by atoms with Crippen molar-refractivity contribution in [3.63, 3.8) is 0 Å². The van der Waals surface area contributed by atoms with E-state index in [9.17, 15) is 0 Å². The van der Waals surface area contributed by atoms with E-state index in [4.69, 9.17) is 19.4 Å². The van der Waals surface area contributed by atoms with E-state index in [1.54, 1.807) is 18.4 Å². The van der Waals surface area contributed by atoms with Crippen LogP contribution in [0.2, 0.25) is 0 Å². The Labute approximate surface area is 181 Å². The minimum Gasteiger partial charge on any atom is -0.496 e. The van der Waals surface area contributed by atoms with E-state index in [2.05, 4.69) is 42.3 Å². The van der Waals surface area contributed by atoms with Crippen LogP contribution in [-0.2, 0) is 17.7 Å². The average molecular weight is 425 g/mol. The van der Waals surface area contributed by atoms with Gasteiger partial charge in [0.1, 0.15) is 22.2 Å². The minimum atomic E-state index is 0.240. The molecule has 1 saturated heterocycles. The number of benzene rings is 1. The normalized spacial score (nSPS) is 19.2. The molecule has 0 saturated carbocycles. The summed E-state index contributed by atoms with van der Waals surface area (Å²) in [7, 11) is 1.75. The van der Waals surface area contributed by atoms with Crippen molar-refractivity contribution in [1.82, 2.24) is 14.9 Å². The zero-order valence-corrected chi connectivity index (χ0v) is 18.6. The molecule has 1 atom stereocenters. The maximum absolute atomic E-state index is 5.58. The lowest BCUT2D eigenvalue weighted by molar-refractivity contribution is 0.0331. The first-order valence-corrected chi connectivity index (χ1v) is 11.4. The fourth-order valence-corrected chi connectivity index (χ4v) is 5.60. The molecule has 5 rings (SSSR count). The van der Waals surface area contributed by atoms with Crippen LogP contribution in [0.3, 0.4) is 0 Å². The molecule has 158 valence electrons. The van der Waals surface area contributed by atoms with Gasteiger partial charge >= 0.3 is 0 Å². The van der Waals surface area contributed by atoms with Crippen molar-refractivity contribution < 1.29 is 9.47 Å². The number of nitrogens with one attached hydrogen (secondary N) is 1. The SMILES string of the molecule is COc1cccc2c1CCC2Nc1nc(CN2CCOCC2)nc2sc(C)c(C)c12. The number of fused-ring (bicyclic) bond motifs is 2. The lowest BCUT2D eigenvalue weighted by atomic mass is 10.1. The maximum atomic E-state index is 5.58. The number of morpholine rings is 1. The number of anilines is 1. The molecule has 6 nitrogen and oxygen atoms in total. The summed E-state index contributed by atoms with van der Waals surface area (Å²) in [6.45, 7) is 8.54. The number of aryl methyl sites for hydroxylation is 2. The highest BCUT2D eigenvalue weighted by Crippen LogP contribution is 2.41. The summed E-state index contributed by atoms with van der Waals surface area (Å²) >= 11 is 1.76. The molecule has 1 fully saturated rings. The van der Waals surface area contributed by atoms with E-state index < -0.39 is 0 Å². The summed E-state index contributed by atoms with van der Waals surface area (Å²) in [5.41, 5.74) is 3.91. The number of rotatable bonds is 5. The van der Waals surface area contributed by atoms with Gasteiger partial charge in [0.05, 0.1) is 38.3 Å². The monoisotopic (exact) mass is 424 g/mol. The van der Waals surface area contributed by atoms with E-state index in [1.807, 2.05) is 0 Å². The van der Waals surface area contributed by atoms with Gasteiger partial charge < -0.3 is 14.8 Å². The van der Waals surface area contributed by atoms with Crippen LogP contribution >= 0.6 is 11.3 Å². The first-order chi connectivity index (χ1) is 14.6. The molecule has 0 spiro atoms. The second kappa shape index (κ2) is 8.13. The maximum Gasteiger partial charge on any atom is 0.146 e. The predicted molar refractivity (Wildman–Crippen MR) is 121 cm³/mol. The Bertz CT molecular complexity index is 1070. The molecule has 1 unspecified atom stereocenters. The molecular formula is C23H28N4O2S. The van der Waals surface area contributed by atoms with Crippen molar-refractivity contribution in [2.24, 2.45) is 0 Å². The number of hydrogen-bond acceptors (Lipinski definition) is 7. The molecule has 1 N–H and O–H groups in total. The molecule has 0 amide bonds. The van der Waals surface area contributed by atoms with Crippen LogP contribution in [0.1, 0.15) is 39.9 Å². The van der Waals surface area contributed by atoms with Gasteiger partial charge in [-0.15, -0.1) is 11.3 Å². The summed E-state index contributed by atoms with van der Waals surface area (Å²) in [5, 5.41) is 4.95. The van der Waals surface area contributed by atoms with Crippen LogP contribution in [0.4, 0.5) is 5.82 Å². The van der Waals surface area contributed by atoms with Crippen LogP contribution in [0, 0.1) is 13.8 Å². The van der Waals surface area contributed by atoms with Crippen molar-refractivity contribution in [2.45, 2.75) is 39.3 Å². The molecule has 1 aromatic carbocycles. The van der Waals surface area contributed by atoms with Crippen LogP contribution < -0.4 is 10.1 Å². The number of nitrogens with zero attached hydrogens (tertiary/aromatic N) is 3. The molecule has 2 aliphatic rings. The molecule has 3 heterocycles. The molecule has 0 bridgehead atoms. The Balaban J connectivity index is 1.50. The zero-order chi connectivity index (χ0) is 20.7. The van der Waals surface area contributed by atoms with E-state index >= 15 is 0 Å². The standard InChI is InChI=1S/C23H28N4O2S/c1-14-15(2)30-23-21(14)22(25-20(26-23)13-27-9-11-29-12-10-27)24-18-8-7-17-16(18)5-4-6-19(17)28-3/h4-6,18H,7-13H2,1-3H3,(H,24,25,26). The fourth-order valence-electron chi connectivity index (χ4n) is 4.56. The Hall–Kier alpha value is -2.22. The van der Waals surface area contributed by atoms with E-state index in [0.717, 1.165) is 67.9 Å². The Morgan fingerprint density at radius 1 is 1.23 bits per heavy atom. The van der Waals surface area contributed by atoms with E-state index in [0.29, 0.717) is 0 Å². The first kappa shape index (κ1) is 19.7. The first-order valence-electron chi connectivity index (χ1n) is 10.6. The molecule has 1 aliphatic carbocycles. The lowest BCUT2D eigenvalue weighted by Gasteiger charge is -2.26. The minimum absolute atomic E-state index is 0.240. The molecule has 30 heavy (non-hydrogen) atoms. The molecular weight excluding hydrogens is 396 g/mol. The van der Waals surface area contributed by atoms with Gasteiger partial charge in [-0.3, -0.25) is 4.90 Å². The zero-order valence-electron chi connectivity index (χ0n) is 17.8. The fraction of sp³-hybridized carbons (Fsp3) is 0.478. The van der Waals surface area contributed by atoms with Crippen molar-refractivity contribution >= 4 is 27.4 Å². The average Bonchev–Trinajstić information content (AvgIpc) is 3.29. The predicted octanol–water partition coefficient (Wildman–Crippen LogP) is 4.25. The third kappa shape index (κ3) is 3.55. The summed E-state index contributed by atoms with van der Waals surface area (Å²) in [5.74, 6) is 2.84. The topological polar surface area (TPSA) is 59.5 Å². The summed E-state index contributed by atoms with van der Waals surface area (Å²) in [6.07, 6.45) is 2.07. The molecule has 1 aliphatic heterocycles. The van der Waals surface area contributed by atoms with Gasteiger partial charge in [0.15, 0.2) is 0 Å². The third-order valence-corrected chi connectivity index (χ3v) is 7.40. The van der Waals surface area contributed by atoms with Crippen LogP contribution in [-0.4, -0.2) is 48.3 Å². The van der Waals surface area contributed by atoms with Crippen LogP contribution in [0.5, 0.6) is 5.75 Å². The lowest BCUT2D eigenvalue weighted by Crippen LogP contribution is -2.36. The smallest absolute Gasteiger partial charge is 0.146 e. The Kier molecular flexibility index (Phi) is 5.35. The van der Waals surface area contributed by atoms with Crippen molar-refractivity contribution in [3.8, 4) is 5.75 Å². The number of ether oxygens (including phenoxy) is 2. The van der Waals surface area contributed by atoms with Gasteiger partial charge in [-0.2, -0.15) is 0 Å². The second-order valence-electron chi connectivity index (χ2n) is 8.10. The van der Waals surface area contributed by atoms with Crippen molar-refractivity contribution in [1.29, 1.82) is 0 Å².